The molecule has 3 nitrogen and oxygen atoms in total. The fraction of sp³-hybridized carbons (Fsp3) is 0. The van der Waals surface area contributed by atoms with Gasteiger partial charge in [0, 0.05) is 5.57 Å². The molecule has 3 heteroatoms. The smallest absolute Gasteiger partial charge is 0.203 e. The third-order valence-corrected chi connectivity index (χ3v) is 1.14. The van der Waals surface area contributed by atoms with Crippen LogP contribution in [-0.2, 0) is 9.59 Å². The van der Waals surface area contributed by atoms with Crippen molar-refractivity contribution in [2.75, 3.05) is 0 Å². The van der Waals surface area contributed by atoms with Crippen LogP contribution in [0.3, 0.4) is 0 Å². The number of nitrogens with one attached hydrogen (secondary N) is 1. The van der Waals surface area contributed by atoms with E-state index in [0.29, 0.717) is 11.9 Å². The molecule has 0 aliphatic heterocycles. The van der Waals surface area contributed by atoms with Gasteiger partial charge >= 0.3 is 0 Å². The minimum absolute atomic E-state index is 0.135. The second-order valence-electron chi connectivity index (χ2n) is 1.87. The molecular weight excluding hydrogens is 130 g/mol. The molecule has 0 unspecified atom stereocenters. The second kappa shape index (κ2) is 2.39. The van der Waals surface area contributed by atoms with E-state index >= 15 is 0 Å². The molecule has 1 aliphatic carbocycles. The van der Waals surface area contributed by atoms with Crippen molar-refractivity contribution in [2.24, 2.45) is 0 Å². The number of rotatable bonds is 1. The summed E-state index contributed by atoms with van der Waals surface area (Å²) in [6, 6.07) is 0. The van der Waals surface area contributed by atoms with Gasteiger partial charge in [-0.1, -0.05) is 0 Å². The van der Waals surface area contributed by atoms with Gasteiger partial charge in [-0.05, 0) is 18.2 Å². The monoisotopic (exact) mass is 135 g/mol. The molecule has 0 amide bonds. The lowest BCUT2D eigenvalue weighted by molar-refractivity contribution is -0.108. The van der Waals surface area contributed by atoms with Gasteiger partial charge < -0.3 is 0 Å². The van der Waals surface area contributed by atoms with E-state index in [1.54, 1.807) is 0 Å². The van der Waals surface area contributed by atoms with Crippen molar-refractivity contribution in [3.05, 3.63) is 23.8 Å². The molecule has 0 heterocycles. The number of hydrogen-bond acceptors (Lipinski definition) is 3. The Hall–Kier alpha value is -1.51. The van der Waals surface area contributed by atoms with E-state index < -0.39 is 0 Å². The third-order valence-electron chi connectivity index (χ3n) is 1.14. The van der Waals surface area contributed by atoms with Crippen molar-refractivity contribution >= 4 is 17.8 Å². The van der Waals surface area contributed by atoms with Gasteiger partial charge in [-0.3, -0.25) is 15.0 Å². The van der Waals surface area contributed by atoms with Crippen molar-refractivity contribution in [1.29, 1.82) is 5.41 Å². The molecule has 1 aliphatic rings. The van der Waals surface area contributed by atoms with Crippen molar-refractivity contribution < 1.29 is 9.59 Å². The van der Waals surface area contributed by atoms with Gasteiger partial charge in [-0.25, -0.2) is 0 Å². The number of hydrogen-bond donors (Lipinski definition) is 1. The average molecular weight is 135 g/mol. The topological polar surface area (TPSA) is 58.0 Å². The molecule has 0 aromatic carbocycles. The Bertz CT molecular complexity index is 261. The van der Waals surface area contributed by atoms with Crippen molar-refractivity contribution in [1.82, 2.24) is 0 Å². The highest BCUT2D eigenvalue weighted by molar-refractivity contribution is 6.48. The maximum atomic E-state index is 10.6. The van der Waals surface area contributed by atoms with Crippen LogP contribution in [0.2, 0.25) is 0 Å². The summed E-state index contributed by atoms with van der Waals surface area (Å²) in [4.78, 5) is 20.7. The Kier molecular flexibility index (Phi) is 1.58. The van der Waals surface area contributed by atoms with Gasteiger partial charge in [0.15, 0.2) is 0 Å². The molecular formula is C7H5NO2. The lowest BCUT2D eigenvalue weighted by Crippen LogP contribution is -2.10. The number of carbonyl (C=O) groups is 2. The molecule has 1 rings (SSSR count). The summed E-state index contributed by atoms with van der Waals surface area (Å²) >= 11 is 0. The van der Waals surface area contributed by atoms with E-state index in [-0.39, 0.29) is 11.5 Å². The lowest BCUT2D eigenvalue weighted by Gasteiger charge is -1.98. The van der Waals surface area contributed by atoms with Crippen LogP contribution < -0.4 is 0 Å². The van der Waals surface area contributed by atoms with Gasteiger partial charge in [0.1, 0.15) is 12.0 Å². The highest BCUT2D eigenvalue weighted by atomic mass is 16.1. The van der Waals surface area contributed by atoms with E-state index in [4.69, 9.17) is 5.41 Å². The summed E-state index contributed by atoms with van der Waals surface area (Å²) in [5.41, 5.74) is 0.231. The van der Waals surface area contributed by atoms with Gasteiger partial charge in [-0.15, -0.1) is 0 Å². The van der Waals surface area contributed by atoms with E-state index in [2.05, 4.69) is 0 Å². The van der Waals surface area contributed by atoms with Crippen LogP contribution in [0.1, 0.15) is 0 Å². The summed E-state index contributed by atoms with van der Waals surface area (Å²) < 4.78 is 0. The van der Waals surface area contributed by atoms with Crippen molar-refractivity contribution in [3.8, 4) is 0 Å². The predicted molar refractivity (Wildman–Crippen MR) is 36.0 cm³/mol. The van der Waals surface area contributed by atoms with Crippen LogP contribution in [0.15, 0.2) is 23.8 Å². The normalized spacial score (nSPS) is 17.0. The van der Waals surface area contributed by atoms with Gasteiger partial charge in [0.2, 0.25) is 5.78 Å². The highest BCUT2D eigenvalue weighted by Gasteiger charge is 2.07. The molecule has 10 heavy (non-hydrogen) atoms. The van der Waals surface area contributed by atoms with E-state index in [1.165, 1.54) is 18.2 Å². The molecule has 0 bridgehead atoms. The van der Waals surface area contributed by atoms with Crippen molar-refractivity contribution in [2.45, 2.75) is 0 Å². The Morgan fingerprint density at radius 3 is 2.60 bits per heavy atom. The second-order valence-corrected chi connectivity index (χ2v) is 1.87. The summed E-state index contributed by atoms with van der Waals surface area (Å²) in [6.07, 6.45) is 4.46. The standard InChI is InChI=1S/C7H5NO2/c8-6-3-5(4-9)1-2-7(6)10/h1-4,8H. The van der Waals surface area contributed by atoms with Gasteiger partial charge in [0.25, 0.3) is 0 Å². The molecule has 0 saturated carbocycles. The Balaban J connectivity index is 2.96. The molecule has 1 N–H and O–H groups in total. The Morgan fingerprint density at radius 1 is 1.40 bits per heavy atom. The summed E-state index contributed by atoms with van der Waals surface area (Å²) in [5.74, 6) is -0.356. The Labute approximate surface area is 57.6 Å². The van der Waals surface area contributed by atoms with E-state index in [0.717, 1.165) is 0 Å². The van der Waals surface area contributed by atoms with E-state index in [1.807, 2.05) is 0 Å². The molecule has 50 valence electrons. The van der Waals surface area contributed by atoms with E-state index in [9.17, 15) is 9.59 Å². The summed E-state index contributed by atoms with van der Waals surface area (Å²) in [5, 5.41) is 6.99. The Morgan fingerprint density at radius 2 is 2.10 bits per heavy atom. The summed E-state index contributed by atoms with van der Waals surface area (Å²) in [7, 11) is 0. The van der Waals surface area contributed by atoms with Crippen LogP contribution in [0.4, 0.5) is 0 Å². The van der Waals surface area contributed by atoms with Gasteiger partial charge in [-0.2, -0.15) is 0 Å². The zero-order valence-electron chi connectivity index (χ0n) is 5.13. The maximum Gasteiger partial charge on any atom is 0.203 e. The molecule has 0 fully saturated rings. The molecule has 0 aromatic heterocycles. The zero-order valence-corrected chi connectivity index (χ0v) is 5.13. The van der Waals surface area contributed by atoms with Gasteiger partial charge in [0.05, 0.1) is 0 Å². The predicted octanol–water partition coefficient (Wildman–Crippen LogP) is 0.270. The largest absolute Gasteiger partial charge is 0.298 e. The van der Waals surface area contributed by atoms with Crippen LogP contribution in [0, 0.1) is 5.41 Å². The number of allylic oxidation sites excluding steroid dienone is 4. The van der Waals surface area contributed by atoms with Crippen LogP contribution in [0.5, 0.6) is 0 Å². The average Bonchev–Trinajstić information content (AvgIpc) is 1.95. The molecule has 0 saturated heterocycles. The first-order valence-corrected chi connectivity index (χ1v) is 2.72. The third kappa shape index (κ3) is 1.07. The maximum absolute atomic E-state index is 10.6. The number of carbonyl (C=O) groups excluding carboxylic acids is 2. The number of ketones is 1. The fourth-order valence-electron chi connectivity index (χ4n) is 0.621. The van der Waals surface area contributed by atoms with Crippen LogP contribution in [0.25, 0.3) is 0 Å². The first kappa shape index (κ1) is 6.61. The quantitative estimate of drug-likeness (QED) is 0.414. The minimum Gasteiger partial charge on any atom is -0.298 e. The SMILES string of the molecule is N=C1C=C(C=O)C=CC1=O. The molecule has 0 aromatic rings. The molecule has 0 spiro atoms. The fourth-order valence-corrected chi connectivity index (χ4v) is 0.621. The molecule has 0 radical (unpaired) electrons. The first-order chi connectivity index (χ1) is 4.74. The van der Waals surface area contributed by atoms with Crippen LogP contribution >= 0.6 is 0 Å². The highest BCUT2D eigenvalue weighted by Crippen LogP contribution is 2.00. The number of aldehydes is 1. The van der Waals surface area contributed by atoms with Crippen molar-refractivity contribution in [3.63, 3.8) is 0 Å². The molecule has 0 atom stereocenters. The van der Waals surface area contributed by atoms with Crippen LogP contribution in [-0.4, -0.2) is 17.8 Å². The minimum atomic E-state index is -0.356. The zero-order chi connectivity index (χ0) is 7.56. The lowest BCUT2D eigenvalue weighted by atomic mass is 10.1. The summed E-state index contributed by atoms with van der Waals surface area (Å²) in [6.45, 7) is 0. The first-order valence-electron chi connectivity index (χ1n) is 2.72.